The third-order valence-electron chi connectivity index (χ3n) is 4.15. The molecule has 4 nitrogen and oxygen atoms in total. The summed E-state index contributed by atoms with van der Waals surface area (Å²) in [6, 6.07) is 4.68. The predicted octanol–water partition coefficient (Wildman–Crippen LogP) is 2.69. The van der Waals surface area contributed by atoms with E-state index in [1.165, 1.54) is 18.4 Å². The van der Waals surface area contributed by atoms with Crippen molar-refractivity contribution in [3.63, 3.8) is 0 Å². The number of fused-ring (bicyclic) bond motifs is 1. The molecular weight excluding hydrogens is 288 g/mol. The highest BCUT2D eigenvalue weighted by molar-refractivity contribution is 6.32. The molecule has 1 unspecified atom stereocenters. The number of ether oxygens (including phenoxy) is 2. The van der Waals surface area contributed by atoms with Crippen LogP contribution in [0, 0.1) is 0 Å². The number of rotatable bonds is 5. The average molecular weight is 311 g/mol. The minimum Gasteiger partial charge on any atom is -0.486 e. The van der Waals surface area contributed by atoms with Crippen molar-refractivity contribution >= 4 is 11.6 Å². The molecule has 0 aromatic heterocycles. The fourth-order valence-corrected chi connectivity index (χ4v) is 3.33. The standard InChI is InChI=1S/C16H23ClN2O2/c1-2-19(11-13-4-3-5-18-13)10-12-8-14(17)16-15(9-12)20-6-7-21-16/h8-9,13,18H,2-7,10-11H2,1H3. The normalized spacial score (nSPS) is 21.0. The Morgan fingerprint density at radius 1 is 1.33 bits per heavy atom. The Kier molecular flexibility index (Phi) is 4.88. The lowest BCUT2D eigenvalue weighted by Crippen LogP contribution is -2.37. The molecule has 0 saturated carbocycles. The van der Waals surface area contributed by atoms with Crippen LogP contribution in [0.2, 0.25) is 5.02 Å². The lowest BCUT2D eigenvalue weighted by atomic mass is 10.1. The van der Waals surface area contributed by atoms with Crippen LogP contribution < -0.4 is 14.8 Å². The van der Waals surface area contributed by atoms with Gasteiger partial charge in [-0.05, 0) is 43.6 Å². The van der Waals surface area contributed by atoms with Crippen LogP contribution in [0.5, 0.6) is 11.5 Å². The second-order valence-electron chi connectivity index (χ2n) is 5.72. The third kappa shape index (κ3) is 3.62. The Labute approximate surface area is 131 Å². The van der Waals surface area contributed by atoms with Crippen LogP contribution in [0.25, 0.3) is 0 Å². The third-order valence-corrected chi connectivity index (χ3v) is 4.43. The molecule has 2 aliphatic heterocycles. The average Bonchev–Trinajstić information content (AvgIpc) is 2.99. The van der Waals surface area contributed by atoms with Gasteiger partial charge >= 0.3 is 0 Å². The molecule has 1 saturated heterocycles. The molecule has 1 aromatic carbocycles. The van der Waals surface area contributed by atoms with Gasteiger partial charge in [-0.1, -0.05) is 18.5 Å². The molecule has 3 rings (SSSR count). The smallest absolute Gasteiger partial charge is 0.179 e. The van der Waals surface area contributed by atoms with E-state index in [2.05, 4.69) is 23.2 Å². The Morgan fingerprint density at radius 3 is 2.95 bits per heavy atom. The first kappa shape index (κ1) is 14.9. The number of likely N-dealkylation sites (N-methyl/N-ethyl adjacent to an activating group) is 1. The summed E-state index contributed by atoms with van der Waals surface area (Å²) in [6.45, 7) is 7.53. The van der Waals surface area contributed by atoms with Crippen LogP contribution in [-0.4, -0.2) is 43.8 Å². The lowest BCUT2D eigenvalue weighted by Gasteiger charge is -2.25. The van der Waals surface area contributed by atoms with Crippen molar-refractivity contribution in [2.24, 2.45) is 0 Å². The van der Waals surface area contributed by atoms with Crippen LogP contribution in [0.3, 0.4) is 0 Å². The highest BCUT2D eigenvalue weighted by atomic mass is 35.5. The highest BCUT2D eigenvalue weighted by Crippen LogP contribution is 2.38. The second kappa shape index (κ2) is 6.86. The van der Waals surface area contributed by atoms with E-state index in [9.17, 15) is 0 Å². The summed E-state index contributed by atoms with van der Waals surface area (Å²) in [5.74, 6) is 1.46. The van der Waals surface area contributed by atoms with Crippen molar-refractivity contribution in [1.29, 1.82) is 0 Å². The van der Waals surface area contributed by atoms with Crippen molar-refractivity contribution in [2.75, 3.05) is 32.8 Å². The van der Waals surface area contributed by atoms with Crippen molar-refractivity contribution in [3.05, 3.63) is 22.7 Å². The van der Waals surface area contributed by atoms with Crippen molar-refractivity contribution in [2.45, 2.75) is 32.4 Å². The second-order valence-corrected chi connectivity index (χ2v) is 6.13. The summed E-state index contributed by atoms with van der Waals surface area (Å²) in [5, 5.41) is 4.21. The van der Waals surface area contributed by atoms with Gasteiger partial charge in [0.1, 0.15) is 13.2 Å². The quantitative estimate of drug-likeness (QED) is 0.906. The van der Waals surface area contributed by atoms with E-state index < -0.39 is 0 Å². The summed E-state index contributed by atoms with van der Waals surface area (Å²) in [5.41, 5.74) is 1.18. The van der Waals surface area contributed by atoms with Crippen LogP contribution >= 0.6 is 11.6 Å². The fraction of sp³-hybridized carbons (Fsp3) is 0.625. The monoisotopic (exact) mass is 310 g/mol. The molecule has 5 heteroatoms. The Balaban J connectivity index is 1.69. The molecule has 2 aliphatic rings. The topological polar surface area (TPSA) is 33.7 Å². The molecule has 21 heavy (non-hydrogen) atoms. The summed E-state index contributed by atoms with van der Waals surface area (Å²) >= 11 is 6.31. The molecule has 0 aliphatic carbocycles. The van der Waals surface area contributed by atoms with E-state index in [1.54, 1.807) is 0 Å². The molecule has 0 radical (unpaired) electrons. The Morgan fingerprint density at radius 2 is 2.19 bits per heavy atom. The first-order valence-corrected chi connectivity index (χ1v) is 8.18. The number of hydrogen-bond donors (Lipinski definition) is 1. The van der Waals surface area contributed by atoms with Gasteiger partial charge < -0.3 is 14.8 Å². The van der Waals surface area contributed by atoms with Gasteiger partial charge in [0.15, 0.2) is 11.5 Å². The minimum atomic E-state index is 0.570. The Bertz CT molecular complexity index is 489. The van der Waals surface area contributed by atoms with Crippen LogP contribution in [0.15, 0.2) is 12.1 Å². The number of hydrogen-bond acceptors (Lipinski definition) is 4. The zero-order valence-corrected chi connectivity index (χ0v) is 13.3. The lowest BCUT2D eigenvalue weighted by molar-refractivity contribution is 0.171. The SMILES string of the molecule is CCN(Cc1cc(Cl)c2c(c1)OCCO2)CC1CCCN1. The zero-order valence-electron chi connectivity index (χ0n) is 12.5. The van der Waals surface area contributed by atoms with Crippen LogP contribution in [0.1, 0.15) is 25.3 Å². The molecule has 1 aromatic rings. The molecule has 1 N–H and O–H groups in total. The van der Waals surface area contributed by atoms with Gasteiger partial charge in [0.25, 0.3) is 0 Å². The van der Waals surface area contributed by atoms with Crippen molar-refractivity contribution in [3.8, 4) is 11.5 Å². The Hall–Kier alpha value is -0.970. The minimum absolute atomic E-state index is 0.570. The first-order chi connectivity index (χ1) is 10.3. The van der Waals surface area contributed by atoms with Crippen LogP contribution in [0.4, 0.5) is 0 Å². The maximum Gasteiger partial charge on any atom is 0.179 e. The van der Waals surface area contributed by atoms with Gasteiger partial charge in [0.05, 0.1) is 5.02 Å². The van der Waals surface area contributed by atoms with Gasteiger partial charge in [-0.2, -0.15) is 0 Å². The molecular formula is C16H23ClN2O2. The fourth-order valence-electron chi connectivity index (χ4n) is 3.04. The summed E-state index contributed by atoms with van der Waals surface area (Å²) in [7, 11) is 0. The van der Waals surface area contributed by atoms with E-state index >= 15 is 0 Å². The number of halogens is 1. The van der Waals surface area contributed by atoms with Gasteiger partial charge in [0.2, 0.25) is 0 Å². The summed E-state index contributed by atoms with van der Waals surface area (Å²) in [6.07, 6.45) is 2.57. The summed E-state index contributed by atoms with van der Waals surface area (Å²) < 4.78 is 11.2. The summed E-state index contributed by atoms with van der Waals surface area (Å²) in [4.78, 5) is 2.45. The van der Waals surface area contributed by atoms with E-state index in [0.717, 1.165) is 31.9 Å². The molecule has 0 amide bonds. The van der Waals surface area contributed by atoms with Gasteiger partial charge in [0, 0.05) is 19.1 Å². The van der Waals surface area contributed by atoms with Crippen LogP contribution in [-0.2, 0) is 6.54 Å². The molecule has 1 atom stereocenters. The number of benzene rings is 1. The van der Waals surface area contributed by atoms with E-state index in [-0.39, 0.29) is 0 Å². The molecule has 0 bridgehead atoms. The largest absolute Gasteiger partial charge is 0.486 e. The van der Waals surface area contributed by atoms with Gasteiger partial charge in [-0.25, -0.2) is 0 Å². The highest BCUT2D eigenvalue weighted by Gasteiger charge is 2.20. The van der Waals surface area contributed by atoms with E-state index in [1.807, 2.05) is 6.07 Å². The molecule has 2 heterocycles. The molecule has 0 spiro atoms. The first-order valence-electron chi connectivity index (χ1n) is 7.80. The maximum atomic E-state index is 6.31. The molecule has 116 valence electrons. The van der Waals surface area contributed by atoms with Crippen molar-refractivity contribution in [1.82, 2.24) is 10.2 Å². The van der Waals surface area contributed by atoms with Gasteiger partial charge in [-0.15, -0.1) is 0 Å². The maximum absolute atomic E-state index is 6.31. The zero-order chi connectivity index (χ0) is 14.7. The predicted molar refractivity (Wildman–Crippen MR) is 84.4 cm³/mol. The molecule has 1 fully saturated rings. The van der Waals surface area contributed by atoms with Gasteiger partial charge in [-0.3, -0.25) is 4.90 Å². The number of nitrogens with one attached hydrogen (secondary N) is 1. The number of nitrogens with zero attached hydrogens (tertiary/aromatic N) is 1. The van der Waals surface area contributed by atoms with Crippen molar-refractivity contribution < 1.29 is 9.47 Å². The van der Waals surface area contributed by atoms with E-state index in [0.29, 0.717) is 30.0 Å². The van der Waals surface area contributed by atoms with E-state index in [4.69, 9.17) is 21.1 Å².